The van der Waals surface area contributed by atoms with Gasteiger partial charge in [-0.2, -0.15) is 0 Å². The first kappa shape index (κ1) is 8.05. The van der Waals surface area contributed by atoms with Crippen molar-refractivity contribution in [2.75, 3.05) is 13.2 Å². The Labute approximate surface area is 72.5 Å². The molecule has 1 aliphatic heterocycles. The van der Waals surface area contributed by atoms with Crippen LogP contribution in [0.5, 0.6) is 0 Å². The standard InChI is InChI=1S/C9H15NO2/c1-2-12-9(11)6-3-4-8-7(6)5-10-8/h6-8,10H,2-5H2,1H3. The molecule has 0 aromatic rings. The van der Waals surface area contributed by atoms with Gasteiger partial charge in [-0.25, -0.2) is 0 Å². The summed E-state index contributed by atoms with van der Waals surface area (Å²) < 4.78 is 5.01. The molecule has 68 valence electrons. The summed E-state index contributed by atoms with van der Waals surface area (Å²) in [6.45, 7) is 3.39. The summed E-state index contributed by atoms with van der Waals surface area (Å²) >= 11 is 0. The van der Waals surface area contributed by atoms with Crippen LogP contribution in [0.3, 0.4) is 0 Å². The van der Waals surface area contributed by atoms with Crippen molar-refractivity contribution in [3.8, 4) is 0 Å². The number of ether oxygens (including phenoxy) is 1. The molecule has 3 heteroatoms. The van der Waals surface area contributed by atoms with Crippen LogP contribution in [0, 0.1) is 11.8 Å². The summed E-state index contributed by atoms with van der Waals surface area (Å²) in [5.41, 5.74) is 0. The maximum Gasteiger partial charge on any atom is 0.309 e. The average Bonchev–Trinajstić information content (AvgIpc) is 2.27. The first-order valence-electron chi connectivity index (χ1n) is 4.73. The van der Waals surface area contributed by atoms with E-state index in [1.807, 2.05) is 6.92 Å². The molecule has 3 unspecified atom stereocenters. The van der Waals surface area contributed by atoms with Crippen molar-refractivity contribution in [2.45, 2.75) is 25.8 Å². The van der Waals surface area contributed by atoms with E-state index < -0.39 is 0 Å². The molecule has 0 radical (unpaired) electrons. The van der Waals surface area contributed by atoms with Gasteiger partial charge in [0.1, 0.15) is 0 Å². The molecule has 0 bridgehead atoms. The van der Waals surface area contributed by atoms with Gasteiger partial charge in [0.05, 0.1) is 12.5 Å². The normalized spacial score (nSPS) is 38.6. The molecule has 12 heavy (non-hydrogen) atoms. The van der Waals surface area contributed by atoms with Crippen LogP contribution in [0.1, 0.15) is 19.8 Å². The SMILES string of the molecule is CCOC(=O)C1CCC2NCC21. The van der Waals surface area contributed by atoms with Crippen LogP contribution in [0.25, 0.3) is 0 Å². The molecule has 1 heterocycles. The summed E-state index contributed by atoms with van der Waals surface area (Å²) in [6.07, 6.45) is 2.16. The smallest absolute Gasteiger partial charge is 0.309 e. The maximum atomic E-state index is 11.4. The molecule has 1 saturated carbocycles. The van der Waals surface area contributed by atoms with Crippen molar-refractivity contribution in [1.82, 2.24) is 5.32 Å². The minimum atomic E-state index is 0.0199. The number of rotatable bonds is 2. The molecule has 3 nitrogen and oxygen atoms in total. The van der Waals surface area contributed by atoms with E-state index in [-0.39, 0.29) is 11.9 Å². The topological polar surface area (TPSA) is 38.3 Å². The Balaban J connectivity index is 1.91. The second kappa shape index (κ2) is 3.05. The van der Waals surface area contributed by atoms with Crippen LogP contribution < -0.4 is 5.32 Å². The Morgan fingerprint density at radius 3 is 2.92 bits per heavy atom. The van der Waals surface area contributed by atoms with Gasteiger partial charge in [-0.1, -0.05) is 0 Å². The molecule has 0 amide bonds. The average molecular weight is 169 g/mol. The van der Waals surface area contributed by atoms with E-state index in [1.165, 1.54) is 0 Å². The lowest BCUT2D eigenvalue weighted by Gasteiger charge is -2.34. The van der Waals surface area contributed by atoms with Crippen molar-refractivity contribution >= 4 is 5.97 Å². The van der Waals surface area contributed by atoms with Gasteiger partial charge in [0.2, 0.25) is 0 Å². The summed E-state index contributed by atoms with van der Waals surface area (Å²) in [4.78, 5) is 11.4. The minimum Gasteiger partial charge on any atom is -0.466 e. The highest BCUT2D eigenvalue weighted by Crippen LogP contribution is 2.37. The fourth-order valence-electron chi connectivity index (χ4n) is 2.27. The van der Waals surface area contributed by atoms with Gasteiger partial charge in [0.15, 0.2) is 0 Å². The van der Waals surface area contributed by atoms with E-state index >= 15 is 0 Å². The monoisotopic (exact) mass is 169 g/mol. The zero-order valence-corrected chi connectivity index (χ0v) is 7.38. The van der Waals surface area contributed by atoms with Crippen molar-refractivity contribution in [1.29, 1.82) is 0 Å². The minimum absolute atomic E-state index is 0.0199. The van der Waals surface area contributed by atoms with Crippen LogP contribution in [0.15, 0.2) is 0 Å². The molecule has 3 atom stereocenters. The van der Waals surface area contributed by atoms with E-state index in [9.17, 15) is 4.79 Å². The van der Waals surface area contributed by atoms with E-state index in [2.05, 4.69) is 5.32 Å². The van der Waals surface area contributed by atoms with Crippen LogP contribution in [-0.4, -0.2) is 25.2 Å². The predicted octanol–water partition coefficient (Wildman–Crippen LogP) is 0.547. The second-order valence-electron chi connectivity index (χ2n) is 3.61. The third kappa shape index (κ3) is 1.12. The molecular formula is C9H15NO2. The summed E-state index contributed by atoms with van der Waals surface area (Å²) in [5.74, 6) is 0.784. The Kier molecular flexibility index (Phi) is 2.05. The second-order valence-corrected chi connectivity index (χ2v) is 3.61. The molecule has 0 spiro atoms. The first-order chi connectivity index (χ1) is 5.83. The van der Waals surface area contributed by atoms with Gasteiger partial charge >= 0.3 is 5.97 Å². The fraction of sp³-hybridized carbons (Fsp3) is 0.889. The Morgan fingerprint density at radius 2 is 2.42 bits per heavy atom. The van der Waals surface area contributed by atoms with Crippen LogP contribution in [0.2, 0.25) is 0 Å². The summed E-state index contributed by atoms with van der Waals surface area (Å²) in [5, 5.41) is 3.33. The number of hydrogen-bond acceptors (Lipinski definition) is 3. The molecule has 1 saturated heterocycles. The van der Waals surface area contributed by atoms with Crippen LogP contribution in [-0.2, 0) is 9.53 Å². The lowest BCUT2D eigenvalue weighted by atomic mass is 9.88. The zero-order valence-electron chi connectivity index (χ0n) is 7.38. The van der Waals surface area contributed by atoms with Crippen molar-refractivity contribution in [2.24, 2.45) is 11.8 Å². The number of nitrogens with one attached hydrogen (secondary N) is 1. The van der Waals surface area contributed by atoms with Gasteiger partial charge in [-0.15, -0.1) is 0 Å². The van der Waals surface area contributed by atoms with Gasteiger partial charge in [-0.3, -0.25) is 4.79 Å². The number of fused-ring (bicyclic) bond motifs is 1. The lowest BCUT2D eigenvalue weighted by Crippen LogP contribution is -2.52. The summed E-state index contributed by atoms with van der Waals surface area (Å²) in [7, 11) is 0. The fourth-order valence-corrected chi connectivity index (χ4v) is 2.27. The van der Waals surface area contributed by atoms with Gasteiger partial charge in [0, 0.05) is 12.6 Å². The maximum absolute atomic E-state index is 11.4. The Bertz CT molecular complexity index is 193. The molecule has 2 fully saturated rings. The molecular weight excluding hydrogens is 154 g/mol. The third-order valence-electron chi connectivity index (χ3n) is 3.03. The number of carbonyl (C=O) groups excluding carboxylic acids is 1. The molecule has 1 aliphatic carbocycles. The van der Waals surface area contributed by atoms with Crippen molar-refractivity contribution in [3.63, 3.8) is 0 Å². The van der Waals surface area contributed by atoms with Crippen LogP contribution in [0.4, 0.5) is 0 Å². The quantitative estimate of drug-likeness (QED) is 0.613. The van der Waals surface area contributed by atoms with Gasteiger partial charge < -0.3 is 10.1 Å². The molecule has 0 aromatic heterocycles. The molecule has 1 N–H and O–H groups in total. The number of hydrogen-bond donors (Lipinski definition) is 1. The molecule has 0 aromatic carbocycles. The van der Waals surface area contributed by atoms with Crippen molar-refractivity contribution in [3.05, 3.63) is 0 Å². The summed E-state index contributed by atoms with van der Waals surface area (Å²) in [6, 6.07) is 0.611. The van der Waals surface area contributed by atoms with Gasteiger partial charge in [-0.05, 0) is 25.7 Å². The molecule has 2 rings (SSSR count). The van der Waals surface area contributed by atoms with Gasteiger partial charge in [0.25, 0.3) is 0 Å². The highest BCUT2D eigenvalue weighted by atomic mass is 16.5. The number of esters is 1. The third-order valence-corrected chi connectivity index (χ3v) is 3.03. The Morgan fingerprint density at radius 1 is 1.58 bits per heavy atom. The highest BCUT2D eigenvalue weighted by Gasteiger charge is 2.45. The zero-order chi connectivity index (χ0) is 8.55. The van der Waals surface area contributed by atoms with Crippen molar-refractivity contribution < 1.29 is 9.53 Å². The number of carbonyl (C=O) groups is 1. The highest BCUT2D eigenvalue weighted by molar-refractivity contribution is 5.73. The Hall–Kier alpha value is -0.570. The van der Waals surface area contributed by atoms with E-state index in [4.69, 9.17) is 4.74 Å². The van der Waals surface area contributed by atoms with E-state index in [1.54, 1.807) is 0 Å². The largest absolute Gasteiger partial charge is 0.466 e. The predicted molar refractivity (Wildman–Crippen MR) is 44.6 cm³/mol. The van der Waals surface area contributed by atoms with E-state index in [0.29, 0.717) is 18.6 Å². The first-order valence-corrected chi connectivity index (χ1v) is 4.73. The molecule has 2 aliphatic rings. The lowest BCUT2D eigenvalue weighted by molar-refractivity contribution is -0.150. The van der Waals surface area contributed by atoms with E-state index in [0.717, 1.165) is 19.4 Å². The van der Waals surface area contributed by atoms with Crippen LogP contribution >= 0.6 is 0 Å².